The third-order valence-corrected chi connectivity index (χ3v) is 1.43. The van der Waals surface area contributed by atoms with Gasteiger partial charge in [-0.1, -0.05) is 48.7 Å². The van der Waals surface area contributed by atoms with Gasteiger partial charge in [-0.2, -0.15) is 0 Å². The van der Waals surface area contributed by atoms with Crippen LogP contribution in [0.1, 0.15) is 18.9 Å². The fraction of sp³-hybridized carbons (Fsp3) is 0.167. The summed E-state index contributed by atoms with van der Waals surface area (Å²) < 4.78 is 0. The summed E-state index contributed by atoms with van der Waals surface area (Å²) in [6.45, 7) is 2.08. The predicted molar refractivity (Wildman–Crippen MR) is 52.8 cm³/mol. The Balaban J connectivity index is 2.77. The zero-order valence-corrected chi connectivity index (χ0v) is 7.25. The van der Waals surface area contributed by atoms with Gasteiger partial charge in [0.15, 0.2) is 0 Å². The van der Waals surface area contributed by atoms with Gasteiger partial charge in [0.2, 0.25) is 0 Å². The summed E-state index contributed by atoms with van der Waals surface area (Å²) in [5.74, 6) is 0. The molecule has 0 aliphatic carbocycles. The van der Waals surface area contributed by atoms with Crippen molar-refractivity contribution in [2.24, 2.45) is 0 Å². The summed E-state index contributed by atoms with van der Waals surface area (Å²) in [6.07, 6.45) is 4.89. The second kappa shape index (κ2) is 5.21. The van der Waals surface area contributed by atoms with Gasteiger partial charge < -0.3 is 0 Å². The van der Waals surface area contributed by atoms with Crippen molar-refractivity contribution >= 4 is 6.08 Å². The number of allylic oxidation sites excluding steroid dienone is 1. The maximum atomic E-state index is 2.97. The Kier molecular flexibility index (Phi) is 3.74. The van der Waals surface area contributed by atoms with Crippen LogP contribution in [-0.4, -0.2) is 0 Å². The van der Waals surface area contributed by atoms with Crippen LogP contribution in [0.25, 0.3) is 6.08 Å². The molecule has 0 nitrogen and oxygen atoms in total. The van der Waals surface area contributed by atoms with Crippen molar-refractivity contribution in [3.8, 4) is 0 Å². The van der Waals surface area contributed by atoms with Crippen molar-refractivity contribution in [3.05, 3.63) is 53.4 Å². The van der Waals surface area contributed by atoms with E-state index in [-0.39, 0.29) is 0 Å². The molecule has 0 spiro atoms. The fourth-order valence-electron chi connectivity index (χ4n) is 0.835. The smallest absolute Gasteiger partial charge is 0.00429 e. The minimum atomic E-state index is 1.01. The minimum absolute atomic E-state index is 1.01. The zero-order valence-electron chi connectivity index (χ0n) is 7.25. The van der Waals surface area contributed by atoms with Crippen molar-refractivity contribution in [1.29, 1.82) is 0 Å². The summed E-state index contributed by atoms with van der Waals surface area (Å²) in [6, 6.07) is 10.1. The van der Waals surface area contributed by atoms with Crippen LogP contribution in [0.2, 0.25) is 0 Å². The van der Waals surface area contributed by atoms with E-state index in [1.54, 1.807) is 0 Å². The average Bonchev–Trinajstić information content (AvgIpc) is 2.14. The van der Waals surface area contributed by atoms with Gasteiger partial charge in [-0.3, -0.25) is 0 Å². The second-order valence-corrected chi connectivity index (χ2v) is 2.46. The van der Waals surface area contributed by atoms with Crippen molar-refractivity contribution in [2.45, 2.75) is 13.3 Å². The molecule has 60 valence electrons. The Labute approximate surface area is 73.6 Å². The highest BCUT2D eigenvalue weighted by molar-refractivity contribution is 5.47. The van der Waals surface area contributed by atoms with Crippen LogP contribution in [0.3, 0.4) is 0 Å². The molecular formula is C12H12. The highest BCUT2D eigenvalue weighted by atomic mass is 13.8. The number of rotatable bonds is 2. The maximum absolute atomic E-state index is 2.97. The van der Waals surface area contributed by atoms with Gasteiger partial charge >= 0.3 is 0 Å². The van der Waals surface area contributed by atoms with Gasteiger partial charge in [0, 0.05) is 0 Å². The van der Waals surface area contributed by atoms with Crippen LogP contribution in [0.4, 0.5) is 0 Å². The van der Waals surface area contributed by atoms with E-state index in [1.807, 2.05) is 42.5 Å². The summed E-state index contributed by atoms with van der Waals surface area (Å²) >= 11 is 0. The lowest BCUT2D eigenvalue weighted by atomic mass is 10.2. The molecule has 1 aromatic rings. The largest absolute Gasteiger partial charge is 0.0746 e. The van der Waals surface area contributed by atoms with Crippen molar-refractivity contribution in [2.75, 3.05) is 0 Å². The van der Waals surface area contributed by atoms with Crippen LogP contribution in [0, 0.1) is 0 Å². The number of hydrogen-bond acceptors (Lipinski definition) is 0. The second-order valence-electron chi connectivity index (χ2n) is 2.46. The van der Waals surface area contributed by atoms with E-state index < -0.39 is 0 Å². The molecule has 0 unspecified atom stereocenters. The quantitative estimate of drug-likeness (QED) is 0.575. The Morgan fingerprint density at radius 1 is 1.17 bits per heavy atom. The number of hydrogen-bond donors (Lipinski definition) is 0. The van der Waals surface area contributed by atoms with Crippen molar-refractivity contribution in [1.82, 2.24) is 0 Å². The molecule has 0 aliphatic rings. The highest BCUT2D eigenvalue weighted by Crippen LogP contribution is 1.98. The highest BCUT2D eigenvalue weighted by Gasteiger charge is 1.78. The van der Waals surface area contributed by atoms with E-state index in [9.17, 15) is 0 Å². The lowest BCUT2D eigenvalue weighted by Crippen LogP contribution is -1.64. The summed E-state index contributed by atoms with van der Waals surface area (Å²) in [4.78, 5) is 0. The average molecular weight is 156 g/mol. The van der Waals surface area contributed by atoms with Gasteiger partial charge in [0.25, 0.3) is 0 Å². The fourth-order valence-corrected chi connectivity index (χ4v) is 0.835. The first-order valence-electron chi connectivity index (χ1n) is 4.14. The number of benzene rings is 1. The molecule has 1 aromatic carbocycles. The lowest BCUT2D eigenvalue weighted by Gasteiger charge is -1.85. The standard InChI is InChI=1S/C12H12/c1-2-3-4-6-9-12-10-7-5-8-11-12/h3,5,7-11H,2H2,1H3. The first-order valence-corrected chi connectivity index (χ1v) is 4.14. The zero-order chi connectivity index (χ0) is 8.65. The third kappa shape index (κ3) is 3.07. The van der Waals surface area contributed by atoms with E-state index >= 15 is 0 Å². The van der Waals surface area contributed by atoms with E-state index in [4.69, 9.17) is 0 Å². The molecule has 0 amide bonds. The lowest BCUT2D eigenvalue weighted by molar-refractivity contribution is 1.23. The molecule has 0 heteroatoms. The monoisotopic (exact) mass is 156 g/mol. The first kappa shape index (κ1) is 8.62. The Hall–Kier alpha value is -1.48. The SMILES string of the molecule is CCC=C=C=Cc1ccccc1. The van der Waals surface area contributed by atoms with Crippen LogP contribution in [0.15, 0.2) is 47.9 Å². The van der Waals surface area contributed by atoms with Gasteiger partial charge in [0.1, 0.15) is 0 Å². The molecule has 0 aliphatic heterocycles. The Morgan fingerprint density at radius 3 is 2.58 bits per heavy atom. The maximum Gasteiger partial charge on any atom is -0.00429 e. The van der Waals surface area contributed by atoms with Crippen LogP contribution in [-0.2, 0) is 0 Å². The van der Waals surface area contributed by atoms with Crippen LogP contribution in [0.5, 0.6) is 0 Å². The predicted octanol–water partition coefficient (Wildman–Crippen LogP) is 3.42. The van der Waals surface area contributed by atoms with E-state index in [0.29, 0.717) is 0 Å². The van der Waals surface area contributed by atoms with Gasteiger partial charge in [-0.05, 0) is 24.1 Å². The molecule has 0 heterocycles. The minimum Gasteiger partial charge on any atom is -0.0746 e. The van der Waals surface area contributed by atoms with E-state index in [1.165, 1.54) is 0 Å². The molecule has 1 rings (SSSR count). The molecule has 0 N–H and O–H groups in total. The van der Waals surface area contributed by atoms with Gasteiger partial charge in [0.05, 0.1) is 0 Å². The molecule has 0 saturated carbocycles. The molecule has 0 radical (unpaired) electrons. The third-order valence-electron chi connectivity index (χ3n) is 1.43. The first-order chi connectivity index (χ1) is 5.93. The molecule has 0 fully saturated rings. The normalized spacial score (nSPS) is 8.08. The van der Waals surface area contributed by atoms with Crippen LogP contribution >= 0.6 is 0 Å². The van der Waals surface area contributed by atoms with E-state index in [2.05, 4.69) is 18.4 Å². The summed E-state index contributed by atoms with van der Waals surface area (Å²) in [5, 5.41) is 0. The molecule has 0 atom stereocenters. The van der Waals surface area contributed by atoms with Crippen molar-refractivity contribution in [3.63, 3.8) is 0 Å². The molecule has 0 bridgehead atoms. The van der Waals surface area contributed by atoms with Gasteiger partial charge in [-0.15, -0.1) is 0 Å². The molecule has 12 heavy (non-hydrogen) atoms. The molecule has 0 saturated heterocycles. The van der Waals surface area contributed by atoms with E-state index in [0.717, 1.165) is 12.0 Å². The Morgan fingerprint density at radius 2 is 1.92 bits per heavy atom. The van der Waals surface area contributed by atoms with Crippen molar-refractivity contribution < 1.29 is 0 Å². The van der Waals surface area contributed by atoms with Gasteiger partial charge in [-0.25, -0.2) is 0 Å². The Bertz CT molecular complexity index is 307. The van der Waals surface area contributed by atoms with Crippen LogP contribution < -0.4 is 0 Å². The summed E-state index contributed by atoms with van der Waals surface area (Å²) in [7, 11) is 0. The summed E-state index contributed by atoms with van der Waals surface area (Å²) in [5.41, 5.74) is 7.09. The topological polar surface area (TPSA) is 0 Å². The molecule has 0 aromatic heterocycles. The molecular weight excluding hydrogens is 144 g/mol.